The van der Waals surface area contributed by atoms with Gasteiger partial charge in [0, 0.05) is 29.3 Å². The van der Waals surface area contributed by atoms with E-state index in [0.717, 1.165) is 17.7 Å². The molecule has 2 aromatic carbocycles. The molecule has 2 aromatic rings. The fourth-order valence-corrected chi connectivity index (χ4v) is 5.26. The summed E-state index contributed by atoms with van der Waals surface area (Å²) in [5, 5.41) is 13.8. The van der Waals surface area contributed by atoms with Gasteiger partial charge in [0.1, 0.15) is 0 Å². The van der Waals surface area contributed by atoms with Gasteiger partial charge in [-0.05, 0) is 61.4 Å². The quantitative estimate of drug-likeness (QED) is 0.512. The van der Waals surface area contributed by atoms with Gasteiger partial charge in [0.2, 0.25) is 0 Å². The number of hydrogen-bond acceptors (Lipinski definition) is 6. The SMILES string of the molecule is CCOc1cc(C2C(C(=O)OC)=C(C)NC3=C2C(=O)CC(c2ccc(CC)cc2)C3)cc(Cl)c1O. The maximum Gasteiger partial charge on any atom is 0.336 e. The van der Waals surface area contributed by atoms with Crippen LogP contribution in [-0.2, 0) is 20.7 Å². The molecule has 2 unspecified atom stereocenters. The van der Waals surface area contributed by atoms with Crippen molar-refractivity contribution in [2.24, 2.45) is 0 Å². The first kappa shape index (κ1) is 24.9. The Morgan fingerprint density at radius 2 is 1.86 bits per heavy atom. The molecular formula is C28H30ClNO5. The van der Waals surface area contributed by atoms with Gasteiger partial charge in [-0.15, -0.1) is 0 Å². The summed E-state index contributed by atoms with van der Waals surface area (Å²) in [6.07, 6.45) is 1.93. The second-order valence-electron chi connectivity index (χ2n) is 8.89. The Kier molecular flexibility index (Phi) is 7.22. The van der Waals surface area contributed by atoms with Crippen LogP contribution in [0.15, 0.2) is 58.9 Å². The Balaban J connectivity index is 1.82. The maximum atomic E-state index is 13.7. The van der Waals surface area contributed by atoms with E-state index in [9.17, 15) is 14.7 Å². The number of Topliss-reactive ketones (excluding diaryl/α,β-unsaturated/α-hetero) is 1. The highest BCUT2D eigenvalue weighted by Crippen LogP contribution is 2.48. The van der Waals surface area contributed by atoms with Crippen LogP contribution >= 0.6 is 11.6 Å². The number of rotatable bonds is 6. The zero-order valence-corrected chi connectivity index (χ0v) is 21.2. The molecule has 1 heterocycles. The molecule has 0 saturated heterocycles. The Morgan fingerprint density at radius 3 is 2.49 bits per heavy atom. The molecule has 184 valence electrons. The van der Waals surface area contributed by atoms with Crippen molar-refractivity contribution in [3.63, 3.8) is 0 Å². The van der Waals surface area contributed by atoms with Gasteiger partial charge in [0.15, 0.2) is 17.3 Å². The smallest absolute Gasteiger partial charge is 0.336 e. The lowest BCUT2D eigenvalue weighted by atomic mass is 9.71. The van der Waals surface area contributed by atoms with Crippen molar-refractivity contribution in [3.8, 4) is 11.5 Å². The third-order valence-electron chi connectivity index (χ3n) is 6.78. The van der Waals surface area contributed by atoms with E-state index >= 15 is 0 Å². The molecular weight excluding hydrogens is 466 g/mol. The number of phenols is 1. The second-order valence-corrected chi connectivity index (χ2v) is 9.29. The summed E-state index contributed by atoms with van der Waals surface area (Å²) in [6, 6.07) is 11.6. The molecule has 0 spiro atoms. The number of benzene rings is 2. The van der Waals surface area contributed by atoms with E-state index in [2.05, 4.69) is 36.5 Å². The first-order valence-electron chi connectivity index (χ1n) is 11.8. The fourth-order valence-electron chi connectivity index (χ4n) is 5.04. The average Bonchev–Trinajstić information content (AvgIpc) is 2.85. The zero-order valence-electron chi connectivity index (χ0n) is 20.4. The van der Waals surface area contributed by atoms with Crippen molar-refractivity contribution in [2.45, 2.75) is 51.9 Å². The number of ether oxygens (including phenoxy) is 2. The fraction of sp³-hybridized carbons (Fsp3) is 0.357. The number of aryl methyl sites for hydroxylation is 1. The first-order valence-corrected chi connectivity index (χ1v) is 12.2. The number of methoxy groups -OCH3 is 1. The number of allylic oxidation sites excluding steroid dienone is 3. The number of carbonyl (C=O) groups excluding carboxylic acids is 2. The van der Waals surface area contributed by atoms with Gasteiger partial charge >= 0.3 is 5.97 Å². The number of ketones is 1. The molecule has 2 aliphatic rings. The lowest BCUT2D eigenvalue weighted by molar-refractivity contribution is -0.136. The molecule has 6 nitrogen and oxygen atoms in total. The number of esters is 1. The van der Waals surface area contributed by atoms with E-state index < -0.39 is 11.9 Å². The normalized spacial score (nSPS) is 19.9. The molecule has 2 atom stereocenters. The third kappa shape index (κ3) is 4.67. The lowest BCUT2D eigenvalue weighted by Gasteiger charge is -2.36. The molecule has 35 heavy (non-hydrogen) atoms. The van der Waals surface area contributed by atoms with Crippen LogP contribution in [0.1, 0.15) is 62.1 Å². The van der Waals surface area contributed by atoms with E-state index in [1.54, 1.807) is 26.0 Å². The Hall–Kier alpha value is -3.25. The van der Waals surface area contributed by atoms with Crippen molar-refractivity contribution >= 4 is 23.4 Å². The Morgan fingerprint density at radius 1 is 1.14 bits per heavy atom. The number of hydrogen-bond donors (Lipinski definition) is 2. The van der Waals surface area contributed by atoms with Crippen LogP contribution in [0.2, 0.25) is 5.02 Å². The largest absolute Gasteiger partial charge is 0.503 e. The van der Waals surface area contributed by atoms with Crippen LogP contribution in [0.3, 0.4) is 0 Å². The van der Waals surface area contributed by atoms with Gasteiger partial charge in [-0.1, -0.05) is 42.8 Å². The molecule has 1 aliphatic heterocycles. The minimum atomic E-state index is -0.688. The number of aromatic hydroxyl groups is 1. The molecule has 0 bridgehead atoms. The van der Waals surface area contributed by atoms with Crippen LogP contribution in [0.5, 0.6) is 11.5 Å². The predicted molar refractivity (Wildman–Crippen MR) is 135 cm³/mol. The van der Waals surface area contributed by atoms with Crippen LogP contribution in [-0.4, -0.2) is 30.6 Å². The summed E-state index contributed by atoms with van der Waals surface area (Å²) in [5.74, 6) is -1.19. The van der Waals surface area contributed by atoms with Crippen molar-refractivity contribution in [1.29, 1.82) is 0 Å². The highest BCUT2D eigenvalue weighted by atomic mass is 35.5. The molecule has 2 N–H and O–H groups in total. The van der Waals surface area contributed by atoms with Crippen molar-refractivity contribution in [2.75, 3.05) is 13.7 Å². The van der Waals surface area contributed by atoms with Crippen LogP contribution < -0.4 is 10.1 Å². The Labute approximate surface area is 210 Å². The second kappa shape index (κ2) is 10.2. The minimum Gasteiger partial charge on any atom is -0.503 e. The van der Waals surface area contributed by atoms with E-state index in [1.807, 2.05) is 0 Å². The molecule has 0 aromatic heterocycles. The summed E-state index contributed by atoms with van der Waals surface area (Å²) >= 11 is 6.33. The van der Waals surface area contributed by atoms with E-state index in [4.69, 9.17) is 21.1 Å². The van der Waals surface area contributed by atoms with E-state index in [0.29, 0.717) is 41.9 Å². The first-order chi connectivity index (χ1) is 16.8. The van der Waals surface area contributed by atoms with Crippen LogP contribution in [0, 0.1) is 0 Å². The molecule has 7 heteroatoms. The molecule has 1 aliphatic carbocycles. The summed E-state index contributed by atoms with van der Waals surface area (Å²) in [7, 11) is 1.32. The number of dihydropyridines is 1. The number of nitrogens with one attached hydrogen (secondary N) is 1. The highest BCUT2D eigenvalue weighted by Gasteiger charge is 2.41. The van der Waals surface area contributed by atoms with Crippen LogP contribution in [0.4, 0.5) is 0 Å². The highest BCUT2D eigenvalue weighted by molar-refractivity contribution is 6.32. The summed E-state index contributed by atoms with van der Waals surface area (Å²) in [6.45, 7) is 6.04. The standard InChI is InChI=1S/C28H30ClNO5/c1-5-16-7-9-17(10-8-16)18-12-21-26(22(31)13-18)25(24(15(3)30-21)28(33)34-4)19-11-20(29)27(32)23(14-19)35-6-2/h7-11,14,18,25,30,32H,5-6,12-13H2,1-4H3. The topological polar surface area (TPSA) is 84.9 Å². The van der Waals surface area contributed by atoms with Crippen LogP contribution in [0.25, 0.3) is 0 Å². The van der Waals surface area contributed by atoms with Gasteiger partial charge < -0.3 is 19.9 Å². The van der Waals surface area contributed by atoms with Gasteiger partial charge in [-0.2, -0.15) is 0 Å². The van der Waals surface area contributed by atoms with Gasteiger partial charge in [-0.3, -0.25) is 4.79 Å². The molecule has 0 saturated carbocycles. The van der Waals surface area contributed by atoms with E-state index in [1.165, 1.54) is 12.7 Å². The zero-order chi connectivity index (χ0) is 25.3. The van der Waals surface area contributed by atoms with Gasteiger partial charge in [0.05, 0.1) is 24.3 Å². The Bertz CT molecular complexity index is 1230. The van der Waals surface area contributed by atoms with E-state index in [-0.39, 0.29) is 28.2 Å². The van der Waals surface area contributed by atoms with Gasteiger partial charge in [-0.25, -0.2) is 4.79 Å². The molecule has 0 fully saturated rings. The van der Waals surface area contributed by atoms with Gasteiger partial charge in [0.25, 0.3) is 0 Å². The monoisotopic (exact) mass is 495 g/mol. The third-order valence-corrected chi connectivity index (χ3v) is 7.06. The number of halogens is 1. The number of carbonyl (C=O) groups is 2. The van der Waals surface area contributed by atoms with Crippen molar-refractivity contribution in [1.82, 2.24) is 5.32 Å². The summed E-state index contributed by atoms with van der Waals surface area (Å²) < 4.78 is 10.7. The summed E-state index contributed by atoms with van der Waals surface area (Å²) in [4.78, 5) is 26.5. The lowest BCUT2D eigenvalue weighted by Crippen LogP contribution is -2.36. The number of phenolic OH excluding ortho intramolecular Hbond substituents is 1. The van der Waals surface area contributed by atoms with Crippen molar-refractivity contribution in [3.05, 3.63) is 80.7 Å². The maximum absolute atomic E-state index is 13.7. The molecule has 0 radical (unpaired) electrons. The predicted octanol–water partition coefficient (Wildman–Crippen LogP) is 5.54. The molecule has 4 rings (SSSR count). The minimum absolute atomic E-state index is 0.0372. The van der Waals surface area contributed by atoms with Crippen molar-refractivity contribution < 1.29 is 24.2 Å². The average molecular weight is 496 g/mol. The summed E-state index contributed by atoms with van der Waals surface area (Å²) in [5.41, 5.74) is 5.25. The molecule has 0 amide bonds.